The van der Waals surface area contributed by atoms with Crippen LogP contribution in [0.3, 0.4) is 0 Å². The van der Waals surface area contributed by atoms with E-state index in [1.807, 2.05) is 55.5 Å². The lowest BCUT2D eigenvalue weighted by atomic mass is 9.93. The van der Waals surface area contributed by atoms with Crippen molar-refractivity contribution >= 4 is 46.6 Å². The number of fused-ring (bicyclic) bond motifs is 1. The fourth-order valence-electron chi connectivity index (χ4n) is 4.99. The summed E-state index contributed by atoms with van der Waals surface area (Å²) in [6.07, 6.45) is 3.06. The molecule has 7 nitrogen and oxygen atoms in total. The fraction of sp³-hybridized carbons (Fsp3) is 0.242. The molecule has 0 fully saturated rings. The first kappa shape index (κ1) is 30.6. The highest BCUT2D eigenvalue weighted by atomic mass is 35.5. The number of halogens is 2. The molecule has 43 heavy (non-hydrogen) atoms. The Balaban J connectivity index is 1.67. The lowest BCUT2D eigenvalue weighted by Crippen LogP contribution is -2.40. The van der Waals surface area contributed by atoms with Crippen LogP contribution < -0.4 is 24.4 Å². The standard InChI is InChI=1S/C33H30Cl2N2O5S/c1-4-9-25-29(32(39)41-5-2)30(24-18-23(35)14-15-27(24)40-3)37-31(38)28(43-33(37)36-25)17-21-11-6-7-13-26(21)42-19-20-10-8-12-22(34)16-20/h6-8,10-18,30H,4-5,9,19H2,1-3H3/b28-17+/t30-/m0/s1. The number of ether oxygens (including phenoxy) is 3. The molecule has 0 saturated carbocycles. The third-order valence-electron chi connectivity index (χ3n) is 6.87. The van der Waals surface area contributed by atoms with Crippen LogP contribution in [-0.4, -0.2) is 24.3 Å². The topological polar surface area (TPSA) is 79.1 Å². The highest BCUT2D eigenvalue weighted by molar-refractivity contribution is 7.07. The number of para-hydroxylation sites is 1. The summed E-state index contributed by atoms with van der Waals surface area (Å²) in [4.78, 5) is 32.9. The van der Waals surface area contributed by atoms with Crippen LogP contribution in [0.5, 0.6) is 11.5 Å². The van der Waals surface area contributed by atoms with Crippen molar-refractivity contribution in [2.45, 2.75) is 39.3 Å². The van der Waals surface area contributed by atoms with E-state index in [1.54, 1.807) is 31.2 Å². The Morgan fingerprint density at radius 2 is 1.81 bits per heavy atom. The van der Waals surface area contributed by atoms with Crippen molar-refractivity contribution in [3.8, 4) is 11.5 Å². The molecule has 4 aromatic rings. The molecular weight excluding hydrogens is 607 g/mol. The third-order valence-corrected chi connectivity index (χ3v) is 8.32. The Morgan fingerprint density at radius 3 is 2.56 bits per heavy atom. The zero-order chi connectivity index (χ0) is 30.5. The average molecular weight is 638 g/mol. The molecule has 1 aliphatic heterocycles. The lowest BCUT2D eigenvalue weighted by Gasteiger charge is -2.27. The Kier molecular flexibility index (Phi) is 9.70. The molecular formula is C33H30Cl2N2O5S. The van der Waals surface area contributed by atoms with Gasteiger partial charge in [0.2, 0.25) is 0 Å². The summed E-state index contributed by atoms with van der Waals surface area (Å²) in [5, 5.41) is 1.08. The first-order chi connectivity index (χ1) is 20.8. The minimum atomic E-state index is -0.845. The van der Waals surface area contributed by atoms with Crippen molar-refractivity contribution in [1.82, 2.24) is 4.57 Å². The largest absolute Gasteiger partial charge is 0.496 e. The number of aromatic nitrogens is 1. The highest BCUT2D eigenvalue weighted by Gasteiger charge is 2.36. The van der Waals surface area contributed by atoms with Crippen LogP contribution in [0.25, 0.3) is 6.08 Å². The van der Waals surface area contributed by atoms with Crippen molar-refractivity contribution in [3.05, 3.63) is 124 Å². The first-order valence-electron chi connectivity index (χ1n) is 13.9. The zero-order valence-electron chi connectivity index (χ0n) is 23.9. The maximum atomic E-state index is 14.2. The molecule has 222 valence electrons. The second-order valence-electron chi connectivity index (χ2n) is 9.76. The predicted octanol–water partition coefficient (Wildman–Crippen LogP) is 6.47. The van der Waals surface area contributed by atoms with Crippen LogP contribution in [0, 0.1) is 0 Å². The van der Waals surface area contributed by atoms with Gasteiger partial charge in [-0.1, -0.05) is 78.2 Å². The van der Waals surface area contributed by atoms with Gasteiger partial charge in [0.15, 0.2) is 4.80 Å². The number of carbonyl (C=O) groups is 1. The quantitative estimate of drug-likeness (QED) is 0.186. The van der Waals surface area contributed by atoms with E-state index in [1.165, 1.54) is 23.0 Å². The van der Waals surface area contributed by atoms with Gasteiger partial charge in [-0.2, -0.15) is 0 Å². The summed E-state index contributed by atoms with van der Waals surface area (Å²) in [7, 11) is 1.54. The smallest absolute Gasteiger partial charge is 0.338 e. The molecule has 1 atom stereocenters. The van der Waals surface area contributed by atoms with E-state index in [9.17, 15) is 9.59 Å². The zero-order valence-corrected chi connectivity index (χ0v) is 26.3. The van der Waals surface area contributed by atoms with Crippen molar-refractivity contribution in [1.29, 1.82) is 0 Å². The number of carbonyl (C=O) groups excluding carboxylic acids is 1. The van der Waals surface area contributed by atoms with Gasteiger partial charge in [-0.05, 0) is 61.4 Å². The summed E-state index contributed by atoms with van der Waals surface area (Å²) in [5.74, 6) is 0.569. The molecule has 5 rings (SSSR count). The summed E-state index contributed by atoms with van der Waals surface area (Å²) in [5.41, 5.74) is 2.79. The van der Waals surface area contributed by atoms with Crippen LogP contribution >= 0.6 is 34.5 Å². The number of esters is 1. The maximum absolute atomic E-state index is 14.2. The number of benzene rings is 3. The van der Waals surface area contributed by atoms with Crippen LogP contribution in [0.1, 0.15) is 49.4 Å². The summed E-state index contributed by atoms with van der Waals surface area (Å²) in [6.45, 7) is 4.24. The van der Waals surface area contributed by atoms with Crippen molar-refractivity contribution < 1.29 is 19.0 Å². The SMILES string of the molecule is CCCC1=C(C(=O)OCC)[C@H](c2cc(Cl)ccc2OC)n2c(s/c(=C/c3ccccc3OCc3cccc(Cl)c3)c2=O)=N1. The first-order valence-corrected chi connectivity index (χ1v) is 15.4. The van der Waals surface area contributed by atoms with Crippen molar-refractivity contribution in [2.75, 3.05) is 13.7 Å². The van der Waals surface area contributed by atoms with Crippen LogP contribution in [0.15, 0.2) is 87.8 Å². The highest BCUT2D eigenvalue weighted by Crippen LogP contribution is 2.38. The van der Waals surface area contributed by atoms with Gasteiger partial charge in [0.25, 0.3) is 5.56 Å². The molecule has 2 heterocycles. The molecule has 0 N–H and O–H groups in total. The molecule has 1 aliphatic rings. The summed E-state index contributed by atoms with van der Waals surface area (Å²) >= 11 is 13.8. The van der Waals surface area contributed by atoms with E-state index in [-0.39, 0.29) is 12.2 Å². The van der Waals surface area contributed by atoms with Crippen LogP contribution in [0.4, 0.5) is 0 Å². The number of hydrogen-bond donors (Lipinski definition) is 0. The van der Waals surface area contributed by atoms with E-state index >= 15 is 0 Å². The minimum absolute atomic E-state index is 0.178. The van der Waals surface area contributed by atoms with Crippen LogP contribution in [-0.2, 0) is 16.1 Å². The van der Waals surface area contributed by atoms with Gasteiger partial charge in [0.05, 0.1) is 29.5 Å². The van der Waals surface area contributed by atoms with Gasteiger partial charge >= 0.3 is 5.97 Å². The van der Waals surface area contributed by atoms with Gasteiger partial charge in [0, 0.05) is 21.2 Å². The van der Waals surface area contributed by atoms with E-state index in [2.05, 4.69) is 0 Å². The van der Waals surface area contributed by atoms with E-state index < -0.39 is 12.0 Å². The monoisotopic (exact) mass is 636 g/mol. The molecule has 0 unspecified atom stereocenters. The number of allylic oxidation sites excluding steroid dienone is 1. The number of methoxy groups -OCH3 is 1. The average Bonchev–Trinajstić information content (AvgIpc) is 3.30. The fourth-order valence-corrected chi connectivity index (χ4v) is 6.40. The van der Waals surface area contributed by atoms with Crippen molar-refractivity contribution in [3.63, 3.8) is 0 Å². The second-order valence-corrected chi connectivity index (χ2v) is 11.6. The molecule has 0 spiro atoms. The molecule has 0 aliphatic carbocycles. The van der Waals surface area contributed by atoms with Crippen molar-refractivity contribution in [2.24, 2.45) is 4.99 Å². The van der Waals surface area contributed by atoms with Gasteiger partial charge in [-0.25, -0.2) is 9.79 Å². The van der Waals surface area contributed by atoms with Gasteiger partial charge in [-0.3, -0.25) is 9.36 Å². The molecule has 10 heteroatoms. The lowest BCUT2D eigenvalue weighted by molar-refractivity contribution is -0.139. The van der Waals surface area contributed by atoms with Crippen LogP contribution in [0.2, 0.25) is 10.0 Å². The maximum Gasteiger partial charge on any atom is 0.338 e. The molecule has 0 radical (unpaired) electrons. The molecule has 0 bridgehead atoms. The second kappa shape index (κ2) is 13.6. The Morgan fingerprint density at radius 1 is 1.02 bits per heavy atom. The summed E-state index contributed by atoms with van der Waals surface area (Å²) in [6, 6.07) is 19.3. The Labute approximate surface area is 263 Å². The Bertz CT molecular complexity index is 1880. The van der Waals surface area contributed by atoms with Gasteiger partial charge < -0.3 is 14.2 Å². The normalized spacial score (nSPS) is 14.7. The third kappa shape index (κ3) is 6.56. The van der Waals surface area contributed by atoms with E-state index in [0.29, 0.717) is 60.7 Å². The molecule has 1 aromatic heterocycles. The number of hydrogen-bond acceptors (Lipinski definition) is 7. The predicted molar refractivity (Wildman–Crippen MR) is 170 cm³/mol. The molecule has 3 aromatic carbocycles. The number of thiazole rings is 1. The minimum Gasteiger partial charge on any atom is -0.496 e. The number of nitrogens with zero attached hydrogens (tertiary/aromatic N) is 2. The van der Waals surface area contributed by atoms with E-state index in [4.69, 9.17) is 42.4 Å². The Hall–Kier alpha value is -3.85. The summed E-state index contributed by atoms with van der Waals surface area (Å²) < 4.78 is 19.3. The van der Waals surface area contributed by atoms with E-state index in [0.717, 1.165) is 17.5 Å². The molecule has 0 amide bonds. The molecule has 0 saturated heterocycles. The van der Waals surface area contributed by atoms with Gasteiger partial charge in [-0.15, -0.1) is 0 Å². The number of rotatable bonds is 10. The van der Waals surface area contributed by atoms with Gasteiger partial charge in [0.1, 0.15) is 24.1 Å².